The van der Waals surface area contributed by atoms with Crippen molar-refractivity contribution >= 4 is 22.3 Å². The third-order valence-electron chi connectivity index (χ3n) is 3.40. The molecule has 0 unspecified atom stereocenters. The number of benzene rings is 1. The predicted octanol–water partition coefficient (Wildman–Crippen LogP) is 4.41. The van der Waals surface area contributed by atoms with Crippen LogP contribution in [0, 0.1) is 0 Å². The van der Waals surface area contributed by atoms with Crippen molar-refractivity contribution in [2.75, 3.05) is 5.32 Å². The van der Waals surface area contributed by atoms with Gasteiger partial charge in [0, 0.05) is 23.2 Å². The molecule has 4 rings (SSSR count). The summed E-state index contributed by atoms with van der Waals surface area (Å²) in [6.45, 7) is 0. The molecule has 0 aliphatic rings. The molecule has 1 aromatic carbocycles. The van der Waals surface area contributed by atoms with Crippen molar-refractivity contribution < 1.29 is 0 Å². The Morgan fingerprint density at radius 1 is 0.792 bits per heavy atom. The molecule has 3 heterocycles. The summed E-state index contributed by atoms with van der Waals surface area (Å²) >= 11 is 1.52. The van der Waals surface area contributed by atoms with Crippen molar-refractivity contribution in [2.45, 2.75) is 0 Å². The van der Waals surface area contributed by atoms with Gasteiger partial charge in [0.15, 0.2) is 5.13 Å². The monoisotopic (exact) mass is 331 g/mol. The van der Waals surface area contributed by atoms with Crippen molar-refractivity contribution in [3.05, 3.63) is 72.5 Å². The summed E-state index contributed by atoms with van der Waals surface area (Å²) in [5.41, 5.74) is 3.63. The fourth-order valence-corrected chi connectivity index (χ4v) is 2.98. The Bertz CT molecular complexity index is 938. The normalized spacial score (nSPS) is 10.5. The zero-order valence-electron chi connectivity index (χ0n) is 12.6. The second kappa shape index (κ2) is 6.55. The maximum atomic E-state index is 4.56. The van der Waals surface area contributed by atoms with Crippen LogP contribution in [0.2, 0.25) is 0 Å². The topological polar surface area (TPSA) is 63.6 Å². The van der Waals surface area contributed by atoms with E-state index in [4.69, 9.17) is 0 Å². The number of hydrogen-bond donors (Lipinski definition) is 1. The summed E-state index contributed by atoms with van der Waals surface area (Å²) in [5.74, 6) is 0.714. The van der Waals surface area contributed by atoms with Gasteiger partial charge in [-0.25, -0.2) is 15.0 Å². The molecule has 0 atom stereocenters. The Morgan fingerprint density at radius 3 is 2.50 bits per heavy atom. The lowest BCUT2D eigenvalue weighted by Crippen LogP contribution is -1.95. The van der Waals surface area contributed by atoms with Crippen LogP contribution in [-0.4, -0.2) is 19.9 Å². The molecular weight excluding hydrogens is 318 g/mol. The van der Waals surface area contributed by atoms with Gasteiger partial charge in [0.25, 0.3) is 0 Å². The van der Waals surface area contributed by atoms with Crippen molar-refractivity contribution in [2.24, 2.45) is 0 Å². The fourth-order valence-electron chi connectivity index (χ4n) is 2.27. The molecule has 0 saturated carbocycles. The van der Waals surface area contributed by atoms with Gasteiger partial charge in [-0.05, 0) is 12.1 Å². The number of rotatable bonds is 4. The first-order valence-corrected chi connectivity index (χ1v) is 8.28. The van der Waals surface area contributed by atoms with E-state index in [9.17, 15) is 0 Å². The SMILES string of the molecule is c1ccc(-c2cc(Nc3nc(-c4ccccn4)cs3)ncn2)cc1. The predicted molar refractivity (Wildman–Crippen MR) is 96.1 cm³/mol. The largest absolute Gasteiger partial charge is 0.316 e. The molecule has 24 heavy (non-hydrogen) atoms. The maximum Gasteiger partial charge on any atom is 0.188 e. The minimum absolute atomic E-state index is 0.714. The van der Waals surface area contributed by atoms with Gasteiger partial charge < -0.3 is 5.32 Å². The number of aromatic nitrogens is 4. The quantitative estimate of drug-likeness (QED) is 0.600. The Kier molecular flexibility index (Phi) is 3.95. The first-order chi connectivity index (χ1) is 11.9. The van der Waals surface area contributed by atoms with Crippen LogP contribution in [0.25, 0.3) is 22.6 Å². The highest BCUT2D eigenvalue weighted by molar-refractivity contribution is 7.14. The molecule has 3 aromatic heterocycles. The van der Waals surface area contributed by atoms with E-state index >= 15 is 0 Å². The van der Waals surface area contributed by atoms with Crippen LogP contribution in [0.3, 0.4) is 0 Å². The molecule has 0 amide bonds. The average molecular weight is 331 g/mol. The lowest BCUT2D eigenvalue weighted by Gasteiger charge is -2.04. The molecule has 116 valence electrons. The van der Waals surface area contributed by atoms with Gasteiger partial charge in [0.1, 0.15) is 17.8 Å². The first-order valence-electron chi connectivity index (χ1n) is 7.40. The number of nitrogens with zero attached hydrogens (tertiary/aromatic N) is 4. The smallest absolute Gasteiger partial charge is 0.188 e. The van der Waals surface area contributed by atoms with Crippen molar-refractivity contribution in [3.63, 3.8) is 0 Å². The van der Waals surface area contributed by atoms with Crippen LogP contribution in [0.5, 0.6) is 0 Å². The molecule has 1 N–H and O–H groups in total. The zero-order valence-corrected chi connectivity index (χ0v) is 13.4. The molecular formula is C18H13N5S. The van der Waals surface area contributed by atoms with Gasteiger partial charge >= 0.3 is 0 Å². The number of pyridine rings is 1. The first kappa shape index (κ1) is 14.5. The Labute approximate surface area is 143 Å². The second-order valence-electron chi connectivity index (χ2n) is 5.03. The third-order valence-corrected chi connectivity index (χ3v) is 4.16. The van der Waals surface area contributed by atoms with Crippen molar-refractivity contribution in [1.82, 2.24) is 19.9 Å². The van der Waals surface area contributed by atoms with Crippen molar-refractivity contribution in [1.29, 1.82) is 0 Å². The average Bonchev–Trinajstić information content (AvgIpc) is 3.12. The molecule has 0 aliphatic carbocycles. The number of thiazole rings is 1. The molecule has 0 fully saturated rings. The third kappa shape index (κ3) is 3.13. The zero-order chi connectivity index (χ0) is 16.2. The molecule has 0 radical (unpaired) electrons. The van der Waals surface area contributed by atoms with E-state index in [1.165, 1.54) is 11.3 Å². The van der Waals surface area contributed by atoms with Crippen LogP contribution in [-0.2, 0) is 0 Å². The molecule has 4 aromatic rings. The summed E-state index contributed by atoms with van der Waals surface area (Å²) in [6, 6.07) is 17.7. The minimum Gasteiger partial charge on any atom is -0.316 e. The van der Waals surface area contributed by atoms with Crippen LogP contribution in [0.4, 0.5) is 10.9 Å². The Hall–Kier alpha value is -3.12. The highest BCUT2D eigenvalue weighted by atomic mass is 32.1. The van der Waals surface area contributed by atoms with Crippen LogP contribution >= 0.6 is 11.3 Å². The number of hydrogen-bond acceptors (Lipinski definition) is 6. The van der Waals surface area contributed by atoms with E-state index in [-0.39, 0.29) is 0 Å². The van der Waals surface area contributed by atoms with E-state index in [2.05, 4.69) is 25.3 Å². The van der Waals surface area contributed by atoms with Crippen molar-refractivity contribution in [3.8, 4) is 22.6 Å². The summed E-state index contributed by atoms with van der Waals surface area (Å²) in [7, 11) is 0. The van der Waals surface area contributed by atoms with E-state index in [1.807, 2.05) is 60.0 Å². The van der Waals surface area contributed by atoms with E-state index in [0.29, 0.717) is 5.82 Å². The Morgan fingerprint density at radius 2 is 1.67 bits per heavy atom. The van der Waals surface area contributed by atoms with Crippen LogP contribution in [0.1, 0.15) is 0 Å². The van der Waals surface area contributed by atoms with Gasteiger partial charge in [0.05, 0.1) is 11.4 Å². The van der Waals surface area contributed by atoms with E-state index in [0.717, 1.165) is 27.8 Å². The number of nitrogens with one attached hydrogen (secondary N) is 1. The molecule has 6 heteroatoms. The van der Waals surface area contributed by atoms with E-state index < -0.39 is 0 Å². The van der Waals surface area contributed by atoms with Gasteiger partial charge in [-0.15, -0.1) is 11.3 Å². The van der Waals surface area contributed by atoms with Gasteiger partial charge in [-0.2, -0.15) is 0 Å². The highest BCUT2D eigenvalue weighted by Crippen LogP contribution is 2.26. The summed E-state index contributed by atoms with van der Waals surface area (Å²) in [4.78, 5) is 17.5. The van der Waals surface area contributed by atoms with Gasteiger partial charge in [-0.1, -0.05) is 36.4 Å². The van der Waals surface area contributed by atoms with Gasteiger partial charge in [-0.3, -0.25) is 4.98 Å². The highest BCUT2D eigenvalue weighted by Gasteiger charge is 2.07. The standard InChI is InChI=1S/C18H13N5S/c1-2-6-13(7-3-1)15-10-17(21-12-20-15)23-18-22-16(11-24-18)14-8-4-5-9-19-14/h1-12H,(H,20,21,22,23). The Balaban J connectivity index is 1.57. The number of anilines is 2. The minimum atomic E-state index is 0.714. The summed E-state index contributed by atoms with van der Waals surface area (Å²) < 4.78 is 0. The summed E-state index contributed by atoms with van der Waals surface area (Å²) in [6.07, 6.45) is 3.32. The van der Waals surface area contributed by atoms with Gasteiger partial charge in [0.2, 0.25) is 0 Å². The lowest BCUT2D eigenvalue weighted by molar-refractivity contribution is 1.17. The van der Waals surface area contributed by atoms with Crippen LogP contribution in [0.15, 0.2) is 72.5 Å². The lowest BCUT2D eigenvalue weighted by atomic mass is 10.1. The fraction of sp³-hybridized carbons (Fsp3) is 0. The molecule has 0 aliphatic heterocycles. The summed E-state index contributed by atoms with van der Waals surface area (Å²) in [5, 5.41) is 5.98. The molecule has 0 bridgehead atoms. The second-order valence-corrected chi connectivity index (χ2v) is 5.89. The molecule has 0 saturated heterocycles. The molecule has 0 spiro atoms. The van der Waals surface area contributed by atoms with Crippen LogP contribution < -0.4 is 5.32 Å². The van der Waals surface area contributed by atoms with E-state index in [1.54, 1.807) is 12.5 Å². The molecule has 5 nitrogen and oxygen atoms in total. The maximum absolute atomic E-state index is 4.56.